The number of benzene rings is 1. The molecule has 0 spiro atoms. The summed E-state index contributed by atoms with van der Waals surface area (Å²) in [6.07, 6.45) is -3.45. The smallest absolute Gasteiger partial charge is 0.419 e. The first-order valence-corrected chi connectivity index (χ1v) is 6.08. The number of halogens is 3. The second-order valence-electron chi connectivity index (χ2n) is 4.17. The summed E-state index contributed by atoms with van der Waals surface area (Å²) in [5.41, 5.74) is -0.176. The molecule has 1 rings (SSSR count). The third-order valence-corrected chi connectivity index (χ3v) is 2.57. The zero-order chi connectivity index (χ0) is 14.5. The second-order valence-corrected chi connectivity index (χ2v) is 4.17. The minimum absolute atomic E-state index is 0.167. The van der Waals surface area contributed by atoms with Crippen molar-refractivity contribution in [2.75, 3.05) is 6.54 Å². The molecular weight excluding hydrogens is 255 g/mol. The van der Waals surface area contributed by atoms with Crippen molar-refractivity contribution in [1.29, 1.82) is 0 Å². The highest BCUT2D eigenvalue weighted by molar-refractivity contribution is 5.39. The van der Waals surface area contributed by atoms with Gasteiger partial charge in [0.15, 0.2) is 0 Å². The van der Waals surface area contributed by atoms with E-state index in [9.17, 15) is 13.2 Å². The number of alkyl halides is 3. The Kier molecular flexibility index (Phi) is 5.42. The summed E-state index contributed by atoms with van der Waals surface area (Å²) < 4.78 is 44.2. The van der Waals surface area contributed by atoms with Gasteiger partial charge in [-0.3, -0.25) is 0 Å². The fraction of sp³-hybridized carbons (Fsp3) is 0.429. The lowest BCUT2D eigenvalue weighted by atomic mass is 10.1. The molecule has 0 aliphatic carbocycles. The van der Waals surface area contributed by atoms with Crippen molar-refractivity contribution in [3.8, 4) is 5.75 Å². The van der Waals surface area contributed by atoms with Crippen molar-refractivity contribution in [3.63, 3.8) is 0 Å². The van der Waals surface area contributed by atoms with E-state index in [1.165, 1.54) is 12.1 Å². The predicted octanol–water partition coefficient (Wildman–Crippen LogP) is 3.77. The Morgan fingerprint density at radius 1 is 1.42 bits per heavy atom. The lowest BCUT2D eigenvalue weighted by Gasteiger charge is -2.17. The second kappa shape index (κ2) is 6.61. The van der Waals surface area contributed by atoms with E-state index in [-0.39, 0.29) is 5.75 Å². The third kappa shape index (κ3) is 4.59. The normalized spacial score (nSPS) is 13.1. The van der Waals surface area contributed by atoms with Crippen LogP contribution in [0.5, 0.6) is 5.75 Å². The standard InChI is InChI=1S/C14H18F3NO/c1-4-10(3)19-13-7-6-11(9-18-5-2)8-12(13)14(15,16)17/h4,6-8,10,18H,1,5,9H2,2-3H3. The molecule has 0 saturated carbocycles. The van der Waals surface area contributed by atoms with Gasteiger partial charge in [0.05, 0.1) is 5.56 Å². The summed E-state index contributed by atoms with van der Waals surface area (Å²) in [4.78, 5) is 0. The van der Waals surface area contributed by atoms with E-state index < -0.39 is 17.8 Å². The van der Waals surface area contributed by atoms with E-state index in [0.29, 0.717) is 18.7 Å². The van der Waals surface area contributed by atoms with E-state index in [4.69, 9.17) is 4.74 Å². The van der Waals surface area contributed by atoms with Crippen molar-refractivity contribution in [2.45, 2.75) is 32.7 Å². The Labute approximate surface area is 111 Å². The van der Waals surface area contributed by atoms with Crippen LogP contribution in [-0.2, 0) is 12.7 Å². The van der Waals surface area contributed by atoms with Crippen molar-refractivity contribution in [1.82, 2.24) is 5.32 Å². The van der Waals surface area contributed by atoms with Crippen molar-refractivity contribution in [3.05, 3.63) is 42.0 Å². The summed E-state index contributed by atoms with van der Waals surface area (Å²) in [7, 11) is 0. The molecule has 0 aliphatic rings. The predicted molar refractivity (Wildman–Crippen MR) is 69.1 cm³/mol. The zero-order valence-corrected chi connectivity index (χ0v) is 11.1. The van der Waals surface area contributed by atoms with Crippen LogP contribution in [0.15, 0.2) is 30.9 Å². The van der Waals surface area contributed by atoms with Crippen LogP contribution in [0.3, 0.4) is 0 Å². The first kappa shape index (κ1) is 15.6. The van der Waals surface area contributed by atoms with Crippen LogP contribution in [0, 0.1) is 0 Å². The van der Waals surface area contributed by atoms with Crippen LogP contribution in [0.25, 0.3) is 0 Å². The first-order chi connectivity index (χ1) is 8.88. The molecule has 5 heteroatoms. The fourth-order valence-electron chi connectivity index (χ4n) is 1.53. The molecule has 1 N–H and O–H groups in total. The quantitative estimate of drug-likeness (QED) is 0.797. The number of ether oxygens (including phenoxy) is 1. The number of hydrogen-bond donors (Lipinski definition) is 1. The molecule has 0 fully saturated rings. The molecule has 106 valence electrons. The van der Waals surface area contributed by atoms with Crippen LogP contribution < -0.4 is 10.1 Å². The van der Waals surface area contributed by atoms with Gasteiger partial charge >= 0.3 is 6.18 Å². The monoisotopic (exact) mass is 273 g/mol. The first-order valence-electron chi connectivity index (χ1n) is 6.08. The molecule has 19 heavy (non-hydrogen) atoms. The molecule has 0 saturated heterocycles. The molecule has 1 atom stereocenters. The Balaban J connectivity index is 3.06. The molecule has 0 heterocycles. The summed E-state index contributed by atoms with van der Waals surface area (Å²) in [5.74, 6) is -0.167. The molecule has 0 radical (unpaired) electrons. The van der Waals surface area contributed by atoms with Crippen molar-refractivity contribution >= 4 is 0 Å². The minimum atomic E-state index is -4.43. The third-order valence-electron chi connectivity index (χ3n) is 2.57. The van der Waals surface area contributed by atoms with E-state index in [2.05, 4.69) is 11.9 Å². The lowest BCUT2D eigenvalue weighted by Crippen LogP contribution is -2.16. The van der Waals surface area contributed by atoms with Gasteiger partial charge in [-0.1, -0.05) is 25.6 Å². The van der Waals surface area contributed by atoms with Crippen molar-refractivity contribution in [2.24, 2.45) is 0 Å². The van der Waals surface area contributed by atoms with Gasteiger partial charge in [0.1, 0.15) is 11.9 Å². The van der Waals surface area contributed by atoms with Crippen LogP contribution in [-0.4, -0.2) is 12.6 Å². The largest absolute Gasteiger partial charge is 0.486 e. The van der Waals surface area contributed by atoms with E-state index >= 15 is 0 Å². The van der Waals surface area contributed by atoms with Gasteiger partial charge in [0, 0.05) is 6.54 Å². The maximum atomic E-state index is 13.0. The van der Waals surface area contributed by atoms with Gasteiger partial charge in [-0.2, -0.15) is 13.2 Å². The van der Waals surface area contributed by atoms with E-state index in [0.717, 1.165) is 6.07 Å². The molecule has 0 aromatic heterocycles. The highest BCUT2D eigenvalue weighted by Crippen LogP contribution is 2.37. The summed E-state index contributed by atoms with van der Waals surface area (Å²) >= 11 is 0. The van der Waals surface area contributed by atoms with Gasteiger partial charge in [-0.05, 0) is 31.2 Å². The maximum Gasteiger partial charge on any atom is 0.419 e. The fourth-order valence-corrected chi connectivity index (χ4v) is 1.53. The SMILES string of the molecule is C=CC(C)Oc1ccc(CNCC)cc1C(F)(F)F. The Morgan fingerprint density at radius 3 is 2.63 bits per heavy atom. The Hall–Kier alpha value is -1.49. The maximum absolute atomic E-state index is 13.0. The molecular formula is C14H18F3NO. The molecule has 0 bridgehead atoms. The van der Waals surface area contributed by atoms with Crippen molar-refractivity contribution < 1.29 is 17.9 Å². The summed E-state index contributed by atoms with van der Waals surface area (Å²) in [5, 5.41) is 2.99. The van der Waals surface area contributed by atoms with Gasteiger partial charge < -0.3 is 10.1 Å². The lowest BCUT2D eigenvalue weighted by molar-refractivity contribution is -0.139. The highest BCUT2D eigenvalue weighted by Gasteiger charge is 2.34. The number of nitrogens with one attached hydrogen (secondary N) is 1. The molecule has 0 amide bonds. The van der Waals surface area contributed by atoms with E-state index in [1.807, 2.05) is 6.92 Å². The van der Waals surface area contributed by atoms with Crippen LogP contribution in [0.2, 0.25) is 0 Å². The average molecular weight is 273 g/mol. The van der Waals surface area contributed by atoms with Gasteiger partial charge in [-0.15, -0.1) is 0 Å². The van der Waals surface area contributed by atoms with Gasteiger partial charge in [-0.25, -0.2) is 0 Å². The number of hydrogen-bond acceptors (Lipinski definition) is 2. The molecule has 1 aromatic rings. The minimum Gasteiger partial charge on any atom is -0.486 e. The summed E-state index contributed by atoms with van der Waals surface area (Å²) in [6.45, 7) is 8.13. The van der Waals surface area contributed by atoms with E-state index in [1.54, 1.807) is 13.0 Å². The zero-order valence-electron chi connectivity index (χ0n) is 11.1. The Bertz CT molecular complexity index is 429. The van der Waals surface area contributed by atoms with Crippen LogP contribution in [0.4, 0.5) is 13.2 Å². The Morgan fingerprint density at radius 2 is 2.11 bits per heavy atom. The van der Waals surface area contributed by atoms with Gasteiger partial charge in [0.2, 0.25) is 0 Å². The van der Waals surface area contributed by atoms with Crippen LogP contribution in [0.1, 0.15) is 25.0 Å². The molecule has 1 unspecified atom stereocenters. The number of rotatable bonds is 6. The molecule has 1 aromatic carbocycles. The molecule has 2 nitrogen and oxygen atoms in total. The molecule has 0 aliphatic heterocycles. The topological polar surface area (TPSA) is 21.3 Å². The summed E-state index contributed by atoms with van der Waals surface area (Å²) in [6, 6.07) is 4.10. The van der Waals surface area contributed by atoms with Gasteiger partial charge in [0.25, 0.3) is 0 Å². The average Bonchev–Trinajstić information content (AvgIpc) is 2.36. The van der Waals surface area contributed by atoms with Crippen LogP contribution >= 0.6 is 0 Å². The highest BCUT2D eigenvalue weighted by atomic mass is 19.4.